The third kappa shape index (κ3) is 4.32. The van der Waals surface area contributed by atoms with Gasteiger partial charge in [0, 0.05) is 6.42 Å². The monoisotopic (exact) mass is 397 g/mol. The molecular formula is C27H26OP+. The van der Waals surface area contributed by atoms with Gasteiger partial charge in [-0.15, -0.1) is 0 Å². The molecule has 0 N–H and O–H groups in total. The quantitative estimate of drug-likeness (QED) is 0.372. The Morgan fingerprint density at radius 1 is 0.552 bits per heavy atom. The van der Waals surface area contributed by atoms with E-state index >= 15 is 0 Å². The summed E-state index contributed by atoms with van der Waals surface area (Å²) in [6, 6.07) is 42.7. The number of benzene rings is 4. The Kier molecular flexibility index (Phi) is 6.20. The molecule has 4 aromatic carbocycles. The van der Waals surface area contributed by atoms with Gasteiger partial charge in [0.05, 0.1) is 0 Å². The third-order valence-corrected chi connectivity index (χ3v) is 8.82. The zero-order valence-corrected chi connectivity index (χ0v) is 17.6. The summed E-state index contributed by atoms with van der Waals surface area (Å²) < 4.78 is 7.11. The molecule has 0 aromatic heterocycles. The Labute approximate surface area is 174 Å². The van der Waals surface area contributed by atoms with Crippen LogP contribution in [-0.2, 0) is 10.9 Å². The van der Waals surface area contributed by atoms with E-state index in [-0.39, 0.29) is 6.10 Å². The van der Waals surface area contributed by atoms with E-state index in [4.69, 9.17) is 4.52 Å². The van der Waals surface area contributed by atoms with Crippen LogP contribution >= 0.6 is 7.49 Å². The van der Waals surface area contributed by atoms with Crippen LogP contribution in [0.5, 0.6) is 0 Å². The molecule has 0 spiro atoms. The first-order valence-corrected chi connectivity index (χ1v) is 11.8. The fourth-order valence-corrected chi connectivity index (χ4v) is 7.45. The van der Waals surface area contributed by atoms with E-state index in [9.17, 15) is 0 Å². The molecule has 4 rings (SSSR count). The highest BCUT2D eigenvalue weighted by Crippen LogP contribution is 2.57. The van der Waals surface area contributed by atoms with Crippen LogP contribution in [0.4, 0.5) is 0 Å². The summed E-state index contributed by atoms with van der Waals surface area (Å²) in [5, 5.41) is 3.74. The predicted octanol–water partition coefficient (Wildman–Crippen LogP) is 5.54. The smallest absolute Gasteiger partial charge is 0.218 e. The molecule has 0 radical (unpaired) electrons. The number of rotatable bonds is 7. The lowest BCUT2D eigenvalue weighted by atomic mass is 10.1. The average molecular weight is 397 g/mol. The molecule has 1 nitrogen and oxygen atoms in total. The SMILES string of the molecule is CC(Cc1ccccc1)O[P+](c1ccccc1)(c1ccccc1)c1ccccc1. The van der Waals surface area contributed by atoms with Crippen molar-refractivity contribution >= 4 is 23.4 Å². The van der Waals surface area contributed by atoms with Crippen molar-refractivity contribution in [1.29, 1.82) is 0 Å². The fraction of sp³-hybridized carbons (Fsp3) is 0.111. The van der Waals surface area contributed by atoms with Gasteiger partial charge in [-0.05, 0) is 48.9 Å². The lowest BCUT2D eigenvalue weighted by Gasteiger charge is -2.28. The third-order valence-electron chi connectivity index (χ3n) is 5.06. The second-order valence-electron chi connectivity index (χ2n) is 7.22. The summed E-state index contributed by atoms with van der Waals surface area (Å²) in [6.45, 7) is 2.19. The van der Waals surface area contributed by atoms with Crippen LogP contribution in [0.3, 0.4) is 0 Å². The van der Waals surface area contributed by atoms with Gasteiger partial charge >= 0.3 is 0 Å². The van der Waals surface area contributed by atoms with Crippen LogP contribution in [0, 0.1) is 0 Å². The highest BCUT2D eigenvalue weighted by atomic mass is 31.2. The van der Waals surface area contributed by atoms with Gasteiger partial charge in [0.1, 0.15) is 22.0 Å². The average Bonchev–Trinajstić information content (AvgIpc) is 2.80. The van der Waals surface area contributed by atoms with E-state index in [0.717, 1.165) is 6.42 Å². The van der Waals surface area contributed by atoms with Crippen LogP contribution in [0.15, 0.2) is 121 Å². The maximum atomic E-state index is 7.11. The van der Waals surface area contributed by atoms with E-state index < -0.39 is 7.49 Å². The molecule has 0 saturated heterocycles. The zero-order chi connectivity index (χ0) is 19.9. The fourth-order valence-electron chi connectivity index (χ4n) is 3.80. The molecule has 29 heavy (non-hydrogen) atoms. The molecule has 0 aliphatic heterocycles. The summed E-state index contributed by atoms with van der Waals surface area (Å²) >= 11 is 0. The van der Waals surface area contributed by atoms with Crippen molar-refractivity contribution in [1.82, 2.24) is 0 Å². The van der Waals surface area contributed by atoms with E-state index in [0.29, 0.717) is 0 Å². The van der Waals surface area contributed by atoms with Gasteiger partial charge in [-0.1, -0.05) is 84.9 Å². The van der Waals surface area contributed by atoms with Gasteiger partial charge in [-0.25, -0.2) is 4.52 Å². The molecule has 1 atom stereocenters. The topological polar surface area (TPSA) is 9.23 Å². The highest BCUT2D eigenvalue weighted by Gasteiger charge is 2.49. The predicted molar refractivity (Wildman–Crippen MR) is 126 cm³/mol. The van der Waals surface area contributed by atoms with E-state index in [2.05, 4.69) is 128 Å². The summed E-state index contributed by atoms with van der Waals surface area (Å²) in [5.74, 6) is 0. The first-order chi connectivity index (χ1) is 14.3. The van der Waals surface area contributed by atoms with E-state index in [1.165, 1.54) is 21.5 Å². The molecule has 0 aliphatic carbocycles. The van der Waals surface area contributed by atoms with Crippen LogP contribution in [0.25, 0.3) is 0 Å². The van der Waals surface area contributed by atoms with Crippen molar-refractivity contribution in [3.05, 3.63) is 127 Å². The van der Waals surface area contributed by atoms with E-state index in [1.54, 1.807) is 0 Å². The van der Waals surface area contributed by atoms with Crippen molar-refractivity contribution in [3.63, 3.8) is 0 Å². The standard InChI is InChI=1S/C27H26OP/c1-23(22-24-14-6-2-7-15-24)28-29(25-16-8-3-9-17-25,26-18-10-4-11-19-26)27-20-12-5-13-21-27/h2-21,23H,22H2,1H3/q+1. The van der Waals surface area contributed by atoms with Gasteiger partial charge in [-0.3, -0.25) is 0 Å². The van der Waals surface area contributed by atoms with Crippen molar-refractivity contribution in [2.75, 3.05) is 0 Å². The van der Waals surface area contributed by atoms with Gasteiger partial charge in [0.2, 0.25) is 7.49 Å². The lowest BCUT2D eigenvalue weighted by molar-refractivity contribution is 0.249. The molecule has 0 amide bonds. The molecule has 0 heterocycles. The van der Waals surface area contributed by atoms with E-state index in [1.807, 2.05) is 0 Å². The summed E-state index contributed by atoms with van der Waals surface area (Å²) in [7, 11) is -2.25. The summed E-state index contributed by atoms with van der Waals surface area (Å²) in [4.78, 5) is 0. The Morgan fingerprint density at radius 2 is 0.897 bits per heavy atom. The molecular weight excluding hydrogens is 371 g/mol. The molecule has 144 valence electrons. The highest BCUT2D eigenvalue weighted by molar-refractivity contribution is 7.91. The Hall–Kier alpha value is -2.73. The van der Waals surface area contributed by atoms with Gasteiger partial charge in [0.25, 0.3) is 0 Å². The maximum absolute atomic E-state index is 7.11. The van der Waals surface area contributed by atoms with Crippen LogP contribution in [0.1, 0.15) is 12.5 Å². The van der Waals surface area contributed by atoms with Gasteiger partial charge in [0.15, 0.2) is 0 Å². The molecule has 0 aliphatic rings. The molecule has 2 heteroatoms. The first kappa shape index (κ1) is 19.6. The first-order valence-electron chi connectivity index (χ1n) is 10.1. The normalized spacial score (nSPS) is 12.4. The molecule has 4 aromatic rings. The molecule has 0 saturated carbocycles. The lowest BCUT2D eigenvalue weighted by Crippen LogP contribution is -2.35. The largest absolute Gasteiger partial charge is 0.242 e. The minimum Gasteiger partial charge on any atom is -0.218 e. The van der Waals surface area contributed by atoms with Crippen LogP contribution in [-0.4, -0.2) is 6.10 Å². The molecule has 0 bridgehead atoms. The zero-order valence-electron chi connectivity index (χ0n) is 16.7. The van der Waals surface area contributed by atoms with Crippen molar-refractivity contribution in [2.24, 2.45) is 0 Å². The number of hydrogen-bond donors (Lipinski definition) is 0. The molecule has 0 fully saturated rings. The van der Waals surface area contributed by atoms with Crippen molar-refractivity contribution < 1.29 is 4.52 Å². The second-order valence-corrected chi connectivity index (χ2v) is 10.2. The summed E-state index contributed by atoms with van der Waals surface area (Å²) in [6.07, 6.45) is 0.959. The Balaban J connectivity index is 1.83. The Morgan fingerprint density at radius 3 is 1.28 bits per heavy atom. The second kappa shape index (κ2) is 9.18. The minimum absolute atomic E-state index is 0.0753. The number of hydrogen-bond acceptors (Lipinski definition) is 1. The van der Waals surface area contributed by atoms with Crippen molar-refractivity contribution in [2.45, 2.75) is 19.4 Å². The van der Waals surface area contributed by atoms with Crippen LogP contribution < -0.4 is 15.9 Å². The minimum atomic E-state index is -2.25. The maximum Gasteiger partial charge on any atom is 0.242 e. The van der Waals surface area contributed by atoms with Gasteiger partial charge in [-0.2, -0.15) is 0 Å². The van der Waals surface area contributed by atoms with Crippen LogP contribution in [0.2, 0.25) is 0 Å². The van der Waals surface area contributed by atoms with Crippen molar-refractivity contribution in [3.8, 4) is 0 Å². The van der Waals surface area contributed by atoms with Gasteiger partial charge < -0.3 is 0 Å². The Bertz CT molecular complexity index is 905. The molecule has 1 unspecified atom stereocenters. The summed E-state index contributed by atoms with van der Waals surface area (Å²) in [5.41, 5.74) is 1.30.